The molecule has 0 aliphatic carbocycles. The van der Waals surface area contributed by atoms with Gasteiger partial charge in [-0.3, -0.25) is 4.79 Å². The molecule has 1 fully saturated rings. The molecule has 0 radical (unpaired) electrons. The molecule has 1 aromatic carbocycles. The Morgan fingerprint density at radius 1 is 1.27 bits per heavy atom. The molecular weight excluding hydrogens is 308 g/mol. The van der Waals surface area contributed by atoms with Crippen molar-refractivity contribution in [3.8, 4) is 0 Å². The van der Waals surface area contributed by atoms with Crippen molar-refractivity contribution < 1.29 is 23.1 Å². The molecule has 1 atom stereocenters. The van der Waals surface area contributed by atoms with Crippen molar-refractivity contribution in [2.24, 2.45) is 0 Å². The molecule has 22 heavy (non-hydrogen) atoms. The van der Waals surface area contributed by atoms with Gasteiger partial charge in [-0.1, -0.05) is 30.3 Å². The van der Waals surface area contributed by atoms with E-state index in [9.17, 15) is 23.1 Å². The molecule has 0 saturated carbocycles. The summed E-state index contributed by atoms with van der Waals surface area (Å²) in [5.74, 6) is -1.54. The number of aliphatic carboxylic acids is 1. The largest absolute Gasteiger partial charge is 0.479 e. The number of amides is 1. The Hall–Kier alpha value is -1.93. The second kappa shape index (κ2) is 6.89. The van der Waals surface area contributed by atoms with Crippen LogP contribution in [0, 0.1) is 0 Å². The zero-order chi connectivity index (χ0) is 16.2. The zero-order valence-electron chi connectivity index (χ0n) is 11.9. The first-order valence-electron chi connectivity index (χ1n) is 6.95. The van der Waals surface area contributed by atoms with Gasteiger partial charge in [0.25, 0.3) is 0 Å². The maximum absolute atomic E-state index is 11.9. The van der Waals surface area contributed by atoms with Crippen molar-refractivity contribution in [1.29, 1.82) is 0 Å². The van der Waals surface area contributed by atoms with Gasteiger partial charge in [-0.2, -0.15) is 0 Å². The molecule has 1 saturated heterocycles. The predicted molar refractivity (Wildman–Crippen MR) is 79.6 cm³/mol. The predicted octanol–water partition coefficient (Wildman–Crippen LogP) is 0.354. The molecule has 0 bridgehead atoms. The number of carbonyl (C=O) groups is 2. The minimum atomic E-state index is -3.24. The second-order valence-electron chi connectivity index (χ2n) is 5.07. The Labute approximate surface area is 129 Å². The van der Waals surface area contributed by atoms with Crippen LogP contribution < -0.4 is 5.32 Å². The summed E-state index contributed by atoms with van der Waals surface area (Å²) in [5.41, 5.74) is 0.470. The van der Waals surface area contributed by atoms with Crippen LogP contribution in [0.2, 0.25) is 0 Å². The van der Waals surface area contributed by atoms with Crippen LogP contribution in [0.3, 0.4) is 0 Å². The van der Waals surface area contributed by atoms with Gasteiger partial charge >= 0.3 is 5.97 Å². The van der Waals surface area contributed by atoms with Gasteiger partial charge in [-0.25, -0.2) is 17.5 Å². The monoisotopic (exact) mass is 326 g/mol. The Bertz CT molecular complexity index is 644. The fourth-order valence-corrected chi connectivity index (χ4v) is 3.86. The van der Waals surface area contributed by atoms with Crippen LogP contribution in [0.25, 0.3) is 0 Å². The van der Waals surface area contributed by atoms with Gasteiger partial charge < -0.3 is 10.4 Å². The first-order chi connectivity index (χ1) is 10.4. The first-order valence-corrected chi connectivity index (χ1v) is 8.56. The summed E-state index contributed by atoms with van der Waals surface area (Å²) < 4.78 is 24.5. The van der Waals surface area contributed by atoms with E-state index in [0.29, 0.717) is 18.5 Å². The van der Waals surface area contributed by atoms with E-state index in [2.05, 4.69) is 5.32 Å². The van der Waals surface area contributed by atoms with Crippen molar-refractivity contribution in [3.05, 3.63) is 35.9 Å². The smallest absolute Gasteiger partial charge is 0.330 e. The van der Waals surface area contributed by atoms with E-state index >= 15 is 0 Å². The summed E-state index contributed by atoms with van der Waals surface area (Å²) in [6.07, 6.45) is 0.502. The van der Waals surface area contributed by atoms with E-state index in [1.807, 2.05) is 0 Å². The topological polar surface area (TPSA) is 104 Å². The lowest BCUT2D eigenvalue weighted by atomic mass is 10.1. The molecule has 1 heterocycles. The summed E-state index contributed by atoms with van der Waals surface area (Å²) in [5, 5.41) is 11.6. The van der Waals surface area contributed by atoms with Crippen molar-refractivity contribution >= 4 is 21.9 Å². The van der Waals surface area contributed by atoms with Gasteiger partial charge in [0.1, 0.15) is 0 Å². The number of nitrogens with zero attached hydrogens (tertiary/aromatic N) is 1. The Balaban J connectivity index is 1.94. The van der Waals surface area contributed by atoms with Crippen LogP contribution in [0.1, 0.15) is 24.4 Å². The highest BCUT2D eigenvalue weighted by Crippen LogP contribution is 2.15. The third-order valence-corrected chi connectivity index (χ3v) is 5.43. The number of sulfonamides is 1. The summed E-state index contributed by atoms with van der Waals surface area (Å²) in [4.78, 5) is 23.2. The van der Waals surface area contributed by atoms with Gasteiger partial charge in [-0.15, -0.1) is 0 Å². The second-order valence-corrected chi connectivity index (χ2v) is 7.16. The van der Waals surface area contributed by atoms with Gasteiger partial charge in [0, 0.05) is 19.5 Å². The summed E-state index contributed by atoms with van der Waals surface area (Å²) in [6.45, 7) is 0.492. The molecule has 8 heteroatoms. The average Bonchev–Trinajstić information content (AvgIpc) is 2.82. The summed E-state index contributed by atoms with van der Waals surface area (Å²) >= 11 is 0. The number of hydrogen-bond acceptors (Lipinski definition) is 4. The molecule has 0 spiro atoms. The number of nitrogens with one attached hydrogen (secondary N) is 1. The van der Waals surface area contributed by atoms with Crippen LogP contribution >= 0.6 is 0 Å². The standard InChI is InChI=1S/C14H18N2O5S/c17-12(7-9-16-8-4-10-22(16,20)21)15-13(14(18)19)11-5-2-1-3-6-11/h1-3,5-6,13H,4,7-10H2,(H,15,17)(H,18,19)/t13-/m0/s1. The molecule has 0 unspecified atom stereocenters. The highest BCUT2D eigenvalue weighted by Gasteiger charge is 2.29. The Morgan fingerprint density at radius 2 is 1.95 bits per heavy atom. The van der Waals surface area contributed by atoms with Crippen LogP contribution in [-0.2, 0) is 19.6 Å². The average molecular weight is 326 g/mol. The fraction of sp³-hybridized carbons (Fsp3) is 0.429. The third-order valence-electron chi connectivity index (χ3n) is 3.48. The molecule has 2 N–H and O–H groups in total. The van der Waals surface area contributed by atoms with Crippen molar-refractivity contribution in [2.75, 3.05) is 18.8 Å². The van der Waals surface area contributed by atoms with E-state index in [1.54, 1.807) is 30.3 Å². The fourth-order valence-electron chi connectivity index (χ4n) is 2.33. The van der Waals surface area contributed by atoms with E-state index in [1.165, 1.54) is 4.31 Å². The molecule has 0 aromatic heterocycles. The molecule has 120 valence electrons. The minimum absolute atomic E-state index is 0.0597. The molecule has 1 aromatic rings. The van der Waals surface area contributed by atoms with Gasteiger partial charge in [0.05, 0.1) is 5.75 Å². The van der Waals surface area contributed by atoms with Gasteiger partial charge in [-0.05, 0) is 12.0 Å². The molecule has 1 aliphatic heterocycles. The number of hydrogen-bond donors (Lipinski definition) is 2. The van der Waals surface area contributed by atoms with Crippen LogP contribution in [-0.4, -0.2) is 48.5 Å². The maximum Gasteiger partial charge on any atom is 0.330 e. The first kappa shape index (κ1) is 16.4. The number of carboxylic acid groups (broad SMARTS) is 1. The zero-order valence-corrected chi connectivity index (χ0v) is 12.8. The molecular formula is C14H18N2O5S. The summed E-state index contributed by atoms with van der Waals surface area (Å²) in [6, 6.07) is 7.22. The molecule has 2 rings (SSSR count). The highest BCUT2D eigenvalue weighted by atomic mass is 32.2. The quantitative estimate of drug-likeness (QED) is 0.785. The van der Waals surface area contributed by atoms with E-state index in [0.717, 1.165) is 0 Å². The molecule has 1 amide bonds. The van der Waals surface area contributed by atoms with Gasteiger partial charge in [0.15, 0.2) is 6.04 Å². The number of benzene rings is 1. The SMILES string of the molecule is O=C(CCN1CCCS1(=O)=O)N[C@H](C(=O)O)c1ccccc1. The van der Waals surface area contributed by atoms with E-state index in [4.69, 9.17) is 0 Å². The Morgan fingerprint density at radius 3 is 2.50 bits per heavy atom. The van der Waals surface area contributed by atoms with Crippen molar-refractivity contribution in [3.63, 3.8) is 0 Å². The van der Waals surface area contributed by atoms with Crippen LogP contribution in [0.15, 0.2) is 30.3 Å². The Kier molecular flexibility index (Phi) is 5.15. The summed E-state index contributed by atoms with van der Waals surface area (Å²) in [7, 11) is -3.24. The van der Waals surface area contributed by atoms with E-state index in [-0.39, 0.29) is 18.7 Å². The number of rotatable bonds is 6. The van der Waals surface area contributed by atoms with Crippen LogP contribution in [0.5, 0.6) is 0 Å². The lowest BCUT2D eigenvalue weighted by molar-refractivity contribution is -0.142. The van der Waals surface area contributed by atoms with E-state index < -0.39 is 27.9 Å². The normalized spacial score (nSPS) is 18.7. The third kappa shape index (κ3) is 4.05. The van der Waals surface area contributed by atoms with Crippen LogP contribution in [0.4, 0.5) is 0 Å². The highest BCUT2D eigenvalue weighted by molar-refractivity contribution is 7.89. The molecule has 1 aliphatic rings. The number of carbonyl (C=O) groups excluding carboxylic acids is 1. The van der Waals surface area contributed by atoms with Crippen molar-refractivity contribution in [2.45, 2.75) is 18.9 Å². The maximum atomic E-state index is 11.9. The lowest BCUT2D eigenvalue weighted by Crippen LogP contribution is -2.36. The minimum Gasteiger partial charge on any atom is -0.479 e. The number of carboxylic acids is 1. The molecule has 7 nitrogen and oxygen atoms in total. The lowest BCUT2D eigenvalue weighted by Gasteiger charge is -2.17. The van der Waals surface area contributed by atoms with Crippen molar-refractivity contribution in [1.82, 2.24) is 9.62 Å². The van der Waals surface area contributed by atoms with Gasteiger partial charge in [0.2, 0.25) is 15.9 Å².